The van der Waals surface area contributed by atoms with Crippen LogP contribution in [0.25, 0.3) is 5.65 Å². The van der Waals surface area contributed by atoms with E-state index in [2.05, 4.69) is 31.1 Å². The van der Waals surface area contributed by atoms with Gasteiger partial charge in [-0.3, -0.25) is 14.2 Å². The van der Waals surface area contributed by atoms with E-state index in [9.17, 15) is 4.79 Å². The number of halogens is 1. The number of carbonyl (C=O) groups is 1. The SMILES string of the molecule is CN=C(NCc1nnc2ccccn12)NCC(C)(C)C(=O)NC.I. The van der Waals surface area contributed by atoms with Crippen molar-refractivity contribution in [2.24, 2.45) is 10.4 Å². The van der Waals surface area contributed by atoms with Gasteiger partial charge in [-0.25, -0.2) is 0 Å². The van der Waals surface area contributed by atoms with Crippen molar-refractivity contribution in [1.82, 2.24) is 30.5 Å². The highest BCUT2D eigenvalue weighted by Gasteiger charge is 2.26. The van der Waals surface area contributed by atoms with E-state index in [1.807, 2.05) is 42.6 Å². The van der Waals surface area contributed by atoms with Crippen LogP contribution < -0.4 is 16.0 Å². The first-order valence-electron chi connectivity index (χ1n) is 7.43. The standard InChI is InChI=1S/C15H23N7O.HI/c1-15(2,13(23)16-3)10-19-14(17-4)18-9-12-21-20-11-7-5-6-8-22(11)12;/h5-8H,9-10H2,1-4H3,(H,16,23)(H2,17,18,19);1H. The third-order valence-corrected chi connectivity index (χ3v) is 3.56. The molecule has 0 aliphatic carbocycles. The Hall–Kier alpha value is -1.91. The van der Waals surface area contributed by atoms with Gasteiger partial charge < -0.3 is 16.0 Å². The van der Waals surface area contributed by atoms with Gasteiger partial charge in [-0.2, -0.15) is 0 Å². The summed E-state index contributed by atoms with van der Waals surface area (Å²) in [6.07, 6.45) is 1.91. The summed E-state index contributed by atoms with van der Waals surface area (Å²) in [4.78, 5) is 16.0. The smallest absolute Gasteiger partial charge is 0.227 e. The molecule has 0 saturated heterocycles. The molecule has 2 rings (SSSR count). The number of pyridine rings is 1. The van der Waals surface area contributed by atoms with E-state index >= 15 is 0 Å². The summed E-state index contributed by atoms with van der Waals surface area (Å²) in [5, 5.41) is 17.3. The predicted octanol–water partition coefficient (Wildman–Crippen LogP) is 0.784. The lowest BCUT2D eigenvalue weighted by Crippen LogP contribution is -2.47. The molecule has 1 amide bonds. The Morgan fingerprint density at radius 2 is 2.04 bits per heavy atom. The van der Waals surface area contributed by atoms with Crippen molar-refractivity contribution in [1.29, 1.82) is 0 Å². The van der Waals surface area contributed by atoms with Gasteiger partial charge in [-0.05, 0) is 26.0 Å². The Bertz CT molecular complexity index is 711. The number of hydrogen-bond donors (Lipinski definition) is 3. The molecule has 0 fully saturated rings. The molecular formula is C15H24IN7O. The van der Waals surface area contributed by atoms with Crippen LogP contribution in [0.1, 0.15) is 19.7 Å². The van der Waals surface area contributed by atoms with Gasteiger partial charge in [0.25, 0.3) is 0 Å². The Labute approximate surface area is 158 Å². The highest BCUT2D eigenvalue weighted by Crippen LogP contribution is 2.12. The summed E-state index contributed by atoms with van der Waals surface area (Å²) < 4.78 is 1.91. The van der Waals surface area contributed by atoms with Crippen LogP contribution in [0.4, 0.5) is 0 Å². The van der Waals surface area contributed by atoms with Crippen molar-refractivity contribution in [3.05, 3.63) is 30.2 Å². The molecule has 0 unspecified atom stereocenters. The van der Waals surface area contributed by atoms with Crippen LogP contribution in [-0.2, 0) is 11.3 Å². The first kappa shape index (κ1) is 20.1. The zero-order valence-corrected chi connectivity index (χ0v) is 16.7. The minimum absolute atomic E-state index is 0. The summed E-state index contributed by atoms with van der Waals surface area (Å²) in [6, 6.07) is 5.75. The topological polar surface area (TPSA) is 95.7 Å². The second kappa shape index (κ2) is 8.81. The van der Waals surface area contributed by atoms with E-state index in [0.717, 1.165) is 11.5 Å². The zero-order chi connectivity index (χ0) is 16.9. The van der Waals surface area contributed by atoms with Gasteiger partial charge >= 0.3 is 0 Å². The van der Waals surface area contributed by atoms with Crippen molar-refractivity contribution in [2.45, 2.75) is 20.4 Å². The van der Waals surface area contributed by atoms with Gasteiger partial charge in [0.2, 0.25) is 5.91 Å². The zero-order valence-electron chi connectivity index (χ0n) is 14.3. The number of rotatable bonds is 5. The molecule has 2 heterocycles. The second-order valence-corrected chi connectivity index (χ2v) is 5.79. The fraction of sp³-hybridized carbons (Fsp3) is 0.467. The lowest BCUT2D eigenvalue weighted by molar-refractivity contribution is -0.128. The fourth-order valence-electron chi connectivity index (χ4n) is 2.12. The highest BCUT2D eigenvalue weighted by molar-refractivity contribution is 14.0. The third-order valence-electron chi connectivity index (χ3n) is 3.56. The number of hydrogen-bond acceptors (Lipinski definition) is 4. The Kier molecular flexibility index (Phi) is 7.39. The maximum Gasteiger partial charge on any atom is 0.227 e. The van der Waals surface area contributed by atoms with Crippen molar-refractivity contribution >= 4 is 41.5 Å². The van der Waals surface area contributed by atoms with E-state index in [-0.39, 0.29) is 29.9 Å². The predicted molar refractivity (Wildman–Crippen MR) is 104 cm³/mol. The van der Waals surface area contributed by atoms with Crippen molar-refractivity contribution in [2.75, 3.05) is 20.6 Å². The molecule has 3 N–H and O–H groups in total. The van der Waals surface area contributed by atoms with Crippen LogP contribution in [0, 0.1) is 5.41 Å². The van der Waals surface area contributed by atoms with Crippen LogP contribution >= 0.6 is 24.0 Å². The first-order valence-corrected chi connectivity index (χ1v) is 7.43. The van der Waals surface area contributed by atoms with Gasteiger partial charge in [0.05, 0.1) is 12.0 Å². The molecular weight excluding hydrogens is 421 g/mol. The Morgan fingerprint density at radius 1 is 1.29 bits per heavy atom. The normalized spacial score (nSPS) is 11.8. The molecule has 24 heavy (non-hydrogen) atoms. The Morgan fingerprint density at radius 3 is 2.71 bits per heavy atom. The van der Waals surface area contributed by atoms with E-state index in [1.54, 1.807) is 14.1 Å². The molecule has 0 radical (unpaired) electrons. The molecule has 132 valence electrons. The number of amides is 1. The molecule has 2 aromatic heterocycles. The number of nitrogens with one attached hydrogen (secondary N) is 3. The largest absolute Gasteiger partial charge is 0.359 e. The van der Waals surface area contributed by atoms with Crippen LogP contribution in [0.5, 0.6) is 0 Å². The summed E-state index contributed by atoms with van der Waals surface area (Å²) in [6.45, 7) is 4.69. The van der Waals surface area contributed by atoms with Crippen molar-refractivity contribution < 1.29 is 4.79 Å². The number of aliphatic imine (C=N–C) groups is 1. The van der Waals surface area contributed by atoms with Crippen LogP contribution in [-0.4, -0.2) is 47.1 Å². The van der Waals surface area contributed by atoms with Crippen LogP contribution in [0.15, 0.2) is 29.4 Å². The fourth-order valence-corrected chi connectivity index (χ4v) is 2.12. The number of fused-ring (bicyclic) bond motifs is 1. The average molecular weight is 445 g/mol. The average Bonchev–Trinajstić information content (AvgIpc) is 2.97. The number of nitrogens with zero attached hydrogens (tertiary/aromatic N) is 4. The number of carbonyl (C=O) groups excluding carboxylic acids is 1. The minimum atomic E-state index is -0.534. The monoisotopic (exact) mass is 445 g/mol. The molecule has 0 spiro atoms. The molecule has 0 bridgehead atoms. The molecule has 0 aliphatic heterocycles. The summed E-state index contributed by atoms with van der Waals surface area (Å²) in [5.74, 6) is 1.37. The van der Waals surface area contributed by atoms with Crippen LogP contribution in [0.2, 0.25) is 0 Å². The molecule has 0 saturated carbocycles. The van der Waals surface area contributed by atoms with E-state index < -0.39 is 5.41 Å². The molecule has 9 heteroatoms. The van der Waals surface area contributed by atoms with Crippen LogP contribution in [0.3, 0.4) is 0 Å². The van der Waals surface area contributed by atoms with Crippen molar-refractivity contribution in [3.8, 4) is 0 Å². The molecule has 0 aromatic carbocycles. The highest BCUT2D eigenvalue weighted by atomic mass is 127. The Balaban J connectivity index is 0.00000288. The van der Waals surface area contributed by atoms with E-state index in [1.165, 1.54) is 0 Å². The number of guanidine groups is 1. The van der Waals surface area contributed by atoms with E-state index in [0.29, 0.717) is 19.0 Å². The summed E-state index contributed by atoms with van der Waals surface area (Å²) >= 11 is 0. The van der Waals surface area contributed by atoms with Gasteiger partial charge in [-0.1, -0.05) is 6.07 Å². The van der Waals surface area contributed by atoms with Crippen molar-refractivity contribution in [3.63, 3.8) is 0 Å². The molecule has 0 atom stereocenters. The van der Waals surface area contributed by atoms with Gasteiger partial charge in [0.15, 0.2) is 17.4 Å². The quantitative estimate of drug-likeness (QED) is 0.359. The number of aromatic nitrogens is 3. The maximum atomic E-state index is 11.8. The molecule has 8 nitrogen and oxygen atoms in total. The second-order valence-electron chi connectivity index (χ2n) is 5.79. The first-order chi connectivity index (χ1) is 11.0. The van der Waals surface area contributed by atoms with E-state index in [4.69, 9.17) is 0 Å². The summed E-state index contributed by atoms with van der Waals surface area (Å²) in [5.41, 5.74) is 0.265. The minimum Gasteiger partial charge on any atom is -0.359 e. The van der Waals surface area contributed by atoms with Gasteiger partial charge in [0, 0.05) is 26.8 Å². The van der Waals surface area contributed by atoms with Gasteiger partial charge in [-0.15, -0.1) is 34.2 Å². The lowest BCUT2D eigenvalue weighted by atomic mass is 9.92. The summed E-state index contributed by atoms with van der Waals surface area (Å²) in [7, 11) is 3.32. The maximum absolute atomic E-state index is 11.8. The molecule has 0 aliphatic rings. The lowest BCUT2D eigenvalue weighted by Gasteiger charge is -2.24. The third kappa shape index (κ3) is 4.79. The molecule has 2 aromatic rings. The van der Waals surface area contributed by atoms with Gasteiger partial charge in [0.1, 0.15) is 0 Å².